The van der Waals surface area contributed by atoms with Gasteiger partial charge in [0.05, 0.1) is 11.8 Å². The van der Waals surface area contributed by atoms with E-state index >= 15 is 0 Å². The number of halogens is 1. The van der Waals surface area contributed by atoms with Crippen LogP contribution in [0.3, 0.4) is 0 Å². The molecule has 0 saturated heterocycles. The Labute approximate surface area is 106 Å². The molecular formula is C12H8FN3O3. The summed E-state index contributed by atoms with van der Waals surface area (Å²) < 4.78 is 13.3. The number of anilines is 1. The lowest BCUT2D eigenvalue weighted by Crippen LogP contribution is -2.17. The molecule has 2 aromatic rings. The fourth-order valence-electron chi connectivity index (χ4n) is 1.41. The van der Waals surface area contributed by atoms with Crippen molar-refractivity contribution in [1.29, 1.82) is 0 Å². The van der Waals surface area contributed by atoms with Crippen molar-refractivity contribution < 1.29 is 19.1 Å². The van der Waals surface area contributed by atoms with Gasteiger partial charge in [-0.1, -0.05) is 0 Å². The van der Waals surface area contributed by atoms with Crippen LogP contribution in [0, 0.1) is 5.82 Å². The number of carbonyl (C=O) groups is 2. The van der Waals surface area contributed by atoms with Gasteiger partial charge in [-0.3, -0.25) is 9.78 Å². The molecule has 2 heterocycles. The van der Waals surface area contributed by atoms with Gasteiger partial charge < -0.3 is 10.4 Å². The molecule has 1 amide bonds. The number of carbonyl (C=O) groups excluding carboxylic acids is 1. The van der Waals surface area contributed by atoms with Gasteiger partial charge in [0, 0.05) is 12.4 Å². The van der Waals surface area contributed by atoms with Crippen molar-refractivity contribution in [3.05, 3.63) is 53.7 Å². The highest BCUT2D eigenvalue weighted by atomic mass is 19.1. The summed E-state index contributed by atoms with van der Waals surface area (Å²) in [6.45, 7) is 0. The summed E-state index contributed by atoms with van der Waals surface area (Å²) in [6, 6.07) is 3.90. The van der Waals surface area contributed by atoms with E-state index in [1.807, 2.05) is 0 Å². The average Bonchev–Trinajstić information content (AvgIpc) is 2.39. The maximum atomic E-state index is 13.3. The zero-order valence-electron chi connectivity index (χ0n) is 9.50. The Morgan fingerprint density at radius 1 is 1.21 bits per heavy atom. The fraction of sp³-hybridized carbons (Fsp3) is 0. The molecule has 19 heavy (non-hydrogen) atoms. The molecule has 0 atom stereocenters. The van der Waals surface area contributed by atoms with Crippen molar-refractivity contribution in [2.75, 3.05) is 5.32 Å². The molecule has 0 aliphatic heterocycles. The molecule has 0 aliphatic carbocycles. The van der Waals surface area contributed by atoms with Crippen LogP contribution in [0.25, 0.3) is 0 Å². The summed E-state index contributed by atoms with van der Waals surface area (Å²) in [5, 5.41) is 11.2. The van der Waals surface area contributed by atoms with E-state index in [1.54, 1.807) is 0 Å². The topological polar surface area (TPSA) is 92.2 Å². The number of carboxylic acid groups (broad SMARTS) is 1. The number of hydrogen-bond donors (Lipinski definition) is 2. The number of pyridine rings is 2. The third-order valence-electron chi connectivity index (χ3n) is 2.29. The Balaban J connectivity index is 2.30. The van der Waals surface area contributed by atoms with E-state index in [4.69, 9.17) is 5.11 Å². The molecule has 0 aromatic carbocycles. The first-order chi connectivity index (χ1) is 9.09. The normalized spacial score (nSPS) is 9.95. The van der Waals surface area contributed by atoms with Crippen LogP contribution in [0.2, 0.25) is 0 Å². The molecule has 0 spiro atoms. The minimum absolute atomic E-state index is 0.142. The third-order valence-corrected chi connectivity index (χ3v) is 2.29. The number of nitrogens with zero attached hydrogens (tertiary/aromatic N) is 2. The maximum Gasteiger partial charge on any atom is 0.339 e. The summed E-state index contributed by atoms with van der Waals surface area (Å²) in [5.41, 5.74) is -0.415. The van der Waals surface area contributed by atoms with Crippen LogP contribution < -0.4 is 5.32 Å². The molecule has 96 valence electrons. The van der Waals surface area contributed by atoms with Crippen molar-refractivity contribution in [3.8, 4) is 0 Å². The Morgan fingerprint density at radius 2 is 2.00 bits per heavy atom. The van der Waals surface area contributed by atoms with Crippen LogP contribution in [0.4, 0.5) is 10.2 Å². The average molecular weight is 261 g/mol. The van der Waals surface area contributed by atoms with Crippen LogP contribution in [-0.4, -0.2) is 27.0 Å². The largest absolute Gasteiger partial charge is 0.478 e. The monoisotopic (exact) mass is 261 g/mol. The second-order valence-electron chi connectivity index (χ2n) is 3.51. The lowest BCUT2D eigenvalue weighted by Gasteiger charge is -2.07. The van der Waals surface area contributed by atoms with E-state index in [0.29, 0.717) is 0 Å². The van der Waals surface area contributed by atoms with E-state index in [9.17, 15) is 14.0 Å². The van der Waals surface area contributed by atoms with E-state index in [1.165, 1.54) is 30.6 Å². The predicted octanol–water partition coefficient (Wildman–Crippen LogP) is 1.57. The van der Waals surface area contributed by atoms with Gasteiger partial charge in [-0.15, -0.1) is 0 Å². The van der Waals surface area contributed by atoms with Crippen LogP contribution in [0.15, 0.2) is 36.8 Å². The molecule has 2 N–H and O–H groups in total. The number of aromatic carboxylic acids is 1. The quantitative estimate of drug-likeness (QED) is 0.874. The van der Waals surface area contributed by atoms with Crippen molar-refractivity contribution >= 4 is 17.7 Å². The molecule has 7 heteroatoms. The first-order valence-corrected chi connectivity index (χ1v) is 5.19. The van der Waals surface area contributed by atoms with Crippen molar-refractivity contribution in [2.45, 2.75) is 0 Å². The summed E-state index contributed by atoms with van der Waals surface area (Å²) in [4.78, 5) is 30.0. The van der Waals surface area contributed by atoms with Crippen molar-refractivity contribution in [3.63, 3.8) is 0 Å². The third kappa shape index (κ3) is 2.71. The van der Waals surface area contributed by atoms with Gasteiger partial charge >= 0.3 is 5.97 Å². The lowest BCUT2D eigenvalue weighted by molar-refractivity contribution is 0.0697. The van der Waals surface area contributed by atoms with Crippen LogP contribution in [0.1, 0.15) is 20.7 Å². The van der Waals surface area contributed by atoms with Gasteiger partial charge in [0.25, 0.3) is 5.91 Å². The second kappa shape index (κ2) is 5.21. The number of carboxylic acids is 1. The lowest BCUT2D eigenvalue weighted by atomic mass is 10.2. The van der Waals surface area contributed by atoms with Crippen LogP contribution in [-0.2, 0) is 0 Å². The Morgan fingerprint density at radius 3 is 2.68 bits per heavy atom. The van der Waals surface area contributed by atoms with Gasteiger partial charge in [0.1, 0.15) is 11.4 Å². The number of aromatic nitrogens is 2. The fourth-order valence-corrected chi connectivity index (χ4v) is 1.41. The molecule has 2 aromatic heterocycles. The van der Waals surface area contributed by atoms with E-state index < -0.39 is 17.7 Å². The number of amides is 1. The minimum atomic E-state index is -1.24. The highest BCUT2D eigenvalue weighted by Crippen LogP contribution is 2.13. The Hall–Kier alpha value is -2.83. The van der Waals surface area contributed by atoms with Crippen LogP contribution in [0.5, 0.6) is 0 Å². The van der Waals surface area contributed by atoms with Gasteiger partial charge in [0.2, 0.25) is 0 Å². The summed E-state index contributed by atoms with van der Waals surface area (Å²) in [7, 11) is 0. The van der Waals surface area contributed by atoms with Crippen LogP contribution >= 0.6 is 0 Å². The zero-order valence-corrected chi connectivity index (χ0v) is 9.50. The smallest absolute Gasteiger partial charge is 0.339 e. The maximum absolute atomic E-state index is 13.3. The number of rotatable bonds is 3. The minimum Gasteiger partial charge on any atom is -0.478 e. The molecule has 2 rings (SSSR count). The molecule has 0 radical (unpaired) electrons. The van der Waals surface area contributed by atoms with Gasteiger partial charge in [-0.2, -0.15) is 0 Å². The van der Waals surface area contributed by atoms with Crippen molar-refractivity contribution in [1.82, 2.24) is 9.97 Å². The first kappa shape index (κ1) is 12.6. The highest BCUT2D eigenvalue weighted by Gasteiger charge is 2.16. The number of hydrogen-bond acceptors (Lipinski definition) is 4. The van der Waals surface area contributed by atoms with Gasteiger partial charge in [-0.05, 0) is 18.2 Å². The second-order valence-corrected chi connectivity index (χ2v) is 3.51. The zero-order chi connectivity index (χ0) is 13.8. The SMILES string of the molecule is O=C(Nc1ncccc1C(=O)O)c1ccncc1F. The molecule has 0 fully saturated rings. The van der Waals surface area contributed by atoms with E-state index in [-0.39, 0.29) is 16.9 Å². The summed E-state index contributed by atoms with van der Waals surface area (Å²) in [6.07, 6.45) is 3.48. The van der Waals surface area contributed by atoms with Crippen molar-refractivity contribution in [2.24, 2.45) is 0 Å². The van der Waals surface area contributed by atoms with E-state index in [0.717, 1.165) is 6.20 Å². The molecule has 0 unspecified atom stereocenters. The van der Waals surface area contributed by atoms with Gasteiger partial charge in [-0.25, -0.2) is 14.2 Å². The Bertz CT molecular complexity index is 646. The molecule has 0 bridgehead atoms. The molecular weight excluding hydrogens is 253 g/mol. The first-order valence-electron chi connectivity index (χ1n) is 5.19. The molecule has 6 nitrogen and oxygen atoms in total. The predicted molar refractivity (Wildman–Crippen MR) is 63.3 cm³/mol. The van der Waals surface area contributed by atoms with E-state index in [2.05, 4.69) is 15.3 Å². The summed E-state index contributed by atoms with van der Waals surface area (Å²) >= 11 is 0. The molecule has 0 aliphatic rings. The molecule has 0 saturated carbocycles. The standard InChI is InChI=1S/C12H8FN3O3/c13-9-6-14-5-3-7(9)11(17)16-10-8(12(18)19)2-1-4-15-10/h1-6H,(H,18,19)(H,15,16,17). The summed E-state index contributed by atoms with van der Waals surface area (Å²) in [5.74, 6) is -2.97. The Kier molecular flexibility index (Phi) is 3.46. The number of nitrogens with one attached hydrogen (secondary N) is 1. The van der Waals surface area contributed by atoms with Gasteiger partial charge in [0.15, 0.2) is 5.82 Å². The highest BCUT2D eigenvalue weighted by molar-refractivity contribution is 6.06.